The topological polar surface area (TPSA) is 77.8 Å². The van der Waals surface area contributed by atoms with Crippen molar-refractivity contribution in [3.8, 4) is 0 Å². The van der Waals surface area contributed by atoms with Gasteiger partial charge in [-0.05, 0) is 24.3 Å². The molecule has 0 aliphatic carbocycles. The minimum atomic E-state index is 0.516. The second-order valence-corrected chi connectivity index (χ2v) is 6.68. The molecule has 8 heteroatoms. The van der Waals surface area contributed by atoms with Gasteiger partial charge in [-0.1, -0.05) is 41.2 Å². The van der Waals surface area contributed by atoms with Crippen LogP contribution in [0.5, 0.6) is 0 Å². The van der Waals surface area contributed by atoms with Crippen LogP contribution in [0.25, 0.3) is 0 Å². The summed E-state index contributed by atoms with van der Waals surface area (Å²) in [6.45, 7) is 2.08. The van der Waals surface area contributed by atoms with Gasteiger partial charge < -0.3 is 8.94 Å². The highest BCUT2D eigenvalue weighted by molar-refractivity contribution is 7.98. The zero-order valence-corrected chi connectivity index (χ0v) is 14.5. The van der Waals surface area contributed by atoms with Gasteiger partial charge >= 0.3 is 0 Å². The maximum absolute atomic E-state index is 5.49. The second-order valence-electron chi connectivity index (χ2n) is 4.89. The Hall–Kier alpha value is -1.80. The van der Waals surface area contributed by atoms with Crippen LogP contribution < -0.4 is 0 Å². The zero-order valence-electron chi connectivity index (χ0n) is 12.9. The molecule has 0 radical (unpaired) electrons. The first-order valence-corrected chi connectivity index (χ1v) is 9.42. The number of hydrogen-bond acceptors (Lipinski definition) is 8. The molecular formula is C15H16N4O2S2. The molecule has 23 heavy (non-hydrogen) atoms. The molecule has 0 unspecified atom stereocenters. The molecule has 0 amide bonds. The van der Waals surface area contributed by atoms with E-state index in [1.165, 1.54) is 22.9 Å². The quantitative estimate of drug-likeness (QED) is 0.600. The number of nitrogens with zero attached hydrogens (tertiary/aromatic N) is 4. The molecule has 0 aliphatic rings. The van der Waals surface area contributed by atoms with Gasteiger partial charge in [0.05, 0.1) is 11.5 Å². The number of rotatable bonds is 7. The van der Waals surface area contributed by atoms with E-state index >= 15 is 0 Å². The monoisotopic (exact) mass is 348 g/mol. The van der Waals surface area contributed by atoms with Crippen molar-refractivity contribution in [3.05, 3.63) is 53.0 Å². The van der Waals surface area contributed by atoms with Gasteiger partial charge in [-0.15, -0.1) is 10.2 Å². The molecule has 1 aromatic carbocycles. The van der Waals surface area contributed by atoms with Gasteiger partial charge in [0.25, 0.3) is 5.22 Å². The van der Waals surface area contributed by atoms with Gasteiger partial charge in [-0.3, -0.25) is 0 Å². The molecule has 6 nitrogen and oxygen atoms in total. The molecule has 0 bridgehead atoms. The first-order chi connectivity index (χ1) is 11.2. The van der Waals surface area contributed by atoms with Crippen molar-refractivity contribution in [3.63, 3.8) is 0 Å². The van der Waals surface area contributed by atoms with Crippen molar-refractivity contribution in [2.45, 2.75) is 30.1 Å². The number of thioether (sulfide) groups is 2. The maximum Gasteiger partial charge on any atom is 0.277 e. The summed E-state index contributed by atoms with van der Waals surface area (Å²) in [5, 5.41) is 12.5. The minimum absolute atomic E-state index is 0.516. The highest BCUT2D eigenvalue weighted by Crippen LogP contribution is 2.22. The zero-order chi connectivity index (χ0) is 16.1. The summed E-state index contributed by atoms with van der Waals surface area (Å²) in [5.74, 6) is 3.11. The first kappa shape index (κ1) is 16.1. The van der Waals surface area contributed by atoms with Crippen molar-refractivity contribution in [1.29, 1.82) is 0 Å². The van der Waals surface area contributed by atoms with Crippen LogP contribution in [0.15, 0.2) is 38.4 Å². The van der Waals surface area contributed by atoms with Gasteiger partial charge in [0.1, 0.15) is 0 Å². The van der Waals surface area contributed by atoms with Crippen LogP contribution in [0.3, 0.4) is 0 Å². The largest absolute Gasteiger partial charge is 0.415 e. The fraction of sp³-hybridized carbons (Fsp3) is 0.333. The summed E-state index contributed by atoms with van der Waals surface area (Å²) in [4.78, 5) is 4.41. The smallest absolute Gasteiger partial charge is 0.277 e. The lowest BCUT2D eigenvalue weighted by molar-refractivity contribution is 0.384. The Labute approximate surface area is 142 Å². The fourth-order valence-electron chi connectivity index (χ4n) is 2.00. The first-order valence-electron chi connectivity index (χ1n) is 7.04. The summed E-state index contributed by atoms with van der Waals surface area (Å²) in [6, 6.07) is 8.19. The Kier molecular flexibility index (Phi) is 5.35. The molecule has 0 saturated carbocycles. The van der Waals surface area contributed by atoms with Crippen molar-refractivity contribution in [2.24, 2.45) is 0 Å². The normalized spacial score (nSPS) is 11.0. The van der Waals surface area contributed by atoms with Crippen LogP contribution in [0.4, 0.5) is 0 Å². The van der Waals surface area contributed by atoms with Crippen molar-refractivity contribution < 1.29 is 8.94 Å². The van der Waals surface area contributed by atoms with Crippen LogP contribution in [-0.2, 0) is 17.9 Å². The van der Waals surface area contributed by atoms with Crippen molar-refractivity contribution in [1.82, 2.24) is 20.3 Å². The lowest BCUT2D eigenvalue weighted by atomic mass is 10.1. The molecule has 0 fully saturated rings. The van der Waals surface area contributed by atoms with Gasteiger partial charge in [0, 0.05) is 6.42 Å². The molecule has 0 N–H and O–H groups in total. The Morgan fingerprint density at radius 2 is 1.96 bits per heavy atom. The molecule has 0 atom stereocenters. The van der Waals surface area contributed by atoms with Crippen LogP contribution in [0, 0.1) is 6.92 Å². The van der Waals surface area contributed by atoms with Gasteiger partial charge in [0.2, 0.25) is 11.8 Å². The molecular weight excluding hydrogens is 332 g/mol. The molecule has 2 aromatic heterocycles. The maximum atomic E-state index is 5.49. The van der Waals surface area contributed by atoms with Crippen LogP contribution in [0.1, 0.15) is 28.7 Å². The number of aromatic nitrogens is 4. The minimum Gasteiger partial charge on any atom is -0.415 e. The molecule has 2 heterocycles. The van der Waals surface area contributed by atoms with E-state index < -0.39 is 0 Å². The molecule has 3 aromatic rings. The van der Waals surface area contributed by atoms with Crippen molar-refractivity contribution in [2.75, 3.05) is 6.26 Å². The second kappa shape index (κ2) is 7.65. The summed E-state index contributed by atoms with van der Waals surface area (Å²) < 4.78 is 10.8. The van der Waals surface area contributed by atoms with E-state index in [2.05, 4.69) is 39.4 Å². The fourth-order valence-corrected chi connectivity index (χ4v) is 2.98. The van der Waals surface area contributed by atoms with E-state index in [0.29, 0.717) is 40.8 Å². The lowest BCUT2D eigenvalue weighted by Crippen LogP contribution is -1.93. The number of hydrogen-bond donors (Lipinski definition) is 0. The Morgan fingerprint density at radius 3 is 2.78 bits per heavy atom. The molecule has 3 rings (SSSR count). The summed E-state index contributed by atoms with van der Waals surface area (Å²) in [6.07, 6.45) is 2.66. The summed E-state index contributed by atoms with van der Waals surface area (Å²) in [7, 11) is 0. The number of benzene rings is 1. The van der Waals surface area contributed by atoms with E-state index in [9.17, 15) is 0 Å². The third-order valence-electron chi connectivity index (χ3n) is 3.16. The molecule has 0 aliphatic heterocycles. The average molecular weight is 348 g/mol. The van der Waals surface area contributed by atoms with Crippen LogP contribution >= 0.6 is 23.5 Å². The van der Waals surface area contributed by atoms with E-state index in [4.69, 9.17) is 8.94 Å². The predicted molar refractivity (Wildman–Crippen MR) is 89.4 cm³/mol. The average Bonchev–Trinajstić information content (AvgIpc) is 3.17. The van der Waals surface area contributed by atoms with Crippen molar-refractivity contribution >= 4 is 23.5 Å². The molecule has 120 valence electrons. The van der Waals surface area contributed by atoms with Gasteiger partial charge in [0.15, 0.2) is 5.82 Å². The SMILES string of the molecule is CSCc1nnc(SCc2nc(Cc3ccccc3C)no2)o1. The molecule has 0 saturated heterocycles. The van der Waals surface area contributed by atoms with Crippen LogP contribution in [0.2, 0.25) is 0 Å². The Bertz CT molecular complexity index is 772. The summed E-state index contributed by atoms with van der Waals surface area (Å²) >= 11 is 3.04. The lowest BCUT2D eigenvalue weighted by Gasteiger charge is -2.00. The van der Waals surface area contributed by atoms with Gasteiger partial charge in [-0.2, -0.15) is 16.7 Å². The highest BCUT2D eigenvalue weighted by atomic mass is 32.2. The predicted octanol–water partition coefficient (Wildman–Crippen LogP) is 3.51. The van der Waals surface area contributed by atoms with E-state index in [0.717, 1.165) is 0 Å². The third kappa shape index (κ3) is 4.35. The van der Waals surface area contributed by atoms with Crippen LogP contribution in [-0.4, -0.2) is 26.6 Å². The van der Waals surface area contributed by atoms with E-state index in [1.54, 1.807) is 11.8 Å². The third-order valence-corrected chi connectivity index (χ3v) is 4.49. The van der Waals surface area contributed by atoms with E-state index in [1.807, 2.05) is 18.4 Å². The highest BCUT2D eigenvalue weighted by Gasteiger charge is 2.11. The number of aryl methyl sites for hydroxylation is 1. The molecule has 0 spiro atoms. The van der Waals surface area contributed by atoms with E-state index in [-0.39, 0.29) is 0 Å². The Balaban J connectivity index is 1.57. The summed E-state index contributed by atoms with van der Waals surface area (Å²) in [5.41, 5.74) is 2.42. The standard InChI is InChI=1S/C15H16N4O2S2/c1-10-5-3-4-6-11(10)7-12-16-13(21-19-12)9-23-15-18-17-14(20-15)8-22-2/h3-6H,7-9H2,1-2H3. The van der Waals surface area contributed by atoms with Gasteiger partial charge in [-0.25, -0.2) is 0 Å². The Morgan fingerprint density at radius 1 is 1.09 bits per heavy atom.